The number of aromatic nitrogens is 1. The van der Waals surface area contributed by atoms with E-state index >= 15 is 0 Å². The van der Waals surface area contributed by atoms with Gasteiger partial charge in [0, 0.05) is 35.8 Å². The SMILES string of the molecule is O=C(CN1CCC(c2cc3ccccc3[nH]2)CC1)Nc1cccc(S(=O)(=O)NC2=NCCC2)c1. The van der Waals surface area contributed by atoms with Gasteiger partial charge in [-0.2, -0.15) is 0 Å². The van der Waals surface area contributed by atoms with Gasteiger partial charge >= 0.3 is 0 Å². The molecule has 1 fully saturated rings. The Labute approximate surface area is 199 Å². The lowest BCUT2D eigenvalue weighted by Gasteiger charge is -2.31. The minimum Gasteiger partial charge on any atom is -0.358 e. The molecule has 0 aliphatic carbocycles. The van der Waals surface area contributed by atoms with Gasteiger partial charge in [0.25, 0.3) is 10.0 Å². The van der Waals surface area contributed by atoms with Gasteiger partial charge in [-0.1, -0.05) is 24.3 Å². The molecule has 9 heteroatoms. The number of aliphatic imine (C=N–C) groups is 1. The Hall–Kier alpha value is -3.17. The van der Waals surface area contributed by atoms with Gasteiger partial charge in [0.05, 0.1) is 11.4 Å². The number of benzene rings is 2. The topological polar surface area (TPSA) is 107 Å². The fourth-order valence-electron chi connectivity index (χ4n) is 4.70. The molecule has 5 rings (SSSR count). The molecule has 3 N–H and O–H groups in total. The van der Waals surface area contributed by atoms with Gasteiger partial charge in [0.15, 0.2) is 0 Å². The predicted octanol–water partition coefficient (Wildman–Crippen LogP) is 3.46. The highest BCUT2D eigenvalue weighted by Gasteiger charge is 2.24. The Morgan fingerprint density at radius 1 is 1.09 bits per heavy atom. The number of carbonyl (C=O) groups is 1. The Morgan fingerprint density at radius 3 is 2.68 bits per heavy atom. The van der Waals surface area contributed by atoms with Gasteiger partial charge in [-0.3, -0.25) is 19.4 Å². The van der Waals surface area contributed by atoms with E-state index in [0.29, 0.717) is 30.4 Å². The van der Waals surface area contributed by atoms with Crippen molar-refractivity contribution in [3.05, 3.63) is 60.3 Å². The Balaban J connectivity index is 1.15. The van der Waals surface area contributed by atoms with Gasteiger partial charge in [-0.25, -0.2) is 8.42 Å². The molecule has 1 aromatic heterocycles. The number of amides is 1. The van der Waals surface area contributed by atoms with Gasteiger partial charge < -0.3 is 10.3 Å². The Morgan fingerprint density at radius 2 is 1.91 bits per heavy atom. The van der Waals surface area contributed by atoms with Crippen LogP contribution in [0, 0.1) is 0 Å². The molecule has 0 radical (unpaired) electrons. The largest absolute Gasteiger partial charge is 0.358 e. The van der Waals surface area contributed by atoms with Crippen LogP contribution in [-0.4, -0.2) is 56.2 Å². The molecule has 0 saturated carbocycles. The monoisotopic (exact) mass is 479 g/mol. The predicted molar refractivity (Wildman–Crippen MR) is 134 cm³/mol. The summed E-state index contributed by atoms with van der Waals surface area (Å²) in [5.41, 5.74) is 2.89. The molecule has 2 aliphatic rings. The number of amidine groups is 1. The lowest BCUT2D eigenvalue weighted by atomic mass is 9.93. The number of H-pyrrole nitrogens is 1. The number of aromatic amines is 1. The van der Waals surface area contributed by atoms with Gasteiger partial charge in [-0.05, 0) is 68.1 Å². The molecular formula is C25H29N5O3S. The van der Waals surface area contributed by atoms with Crippen LogP contribution in [0.25, 0.3) is 10.9 Å². The summed E-state index contributed by atoms with van der Waals surface area (Å²) in [6.45, 7) is 2.61. The number of sulfonamides is 1. The summed E-state index contributed by atoms with van der Waals surface area (Å²) in [7, 11) is -3.72. The molecule has 178 valence electrons. The smallest absolute Gasteiger partial charge is 0.262 e. The average Bonchev–Trinajstić information content (AvgIpc) is 3.49. The van der Waals surface area contributed by atoms with Crippen LogP contribution in [0.2, 0.25) is 0 Å². The highest BCUT2D eigenvalue weighted by Crippen LogP contribution is 2.29. The van der Waals surface area contributed by atoms with E-state index in [2.05, 4.69) is 43.1 Å². The summed E-state index contributed by atoms with van der Waals surface area (Å²) in [5, 5.41) is 4.08. The number of rotatable bonds is 6. The second-order valence-corrected chi connectivity index (χ2v) is 10.7. The van der Waals surface area contributed by atoms with Crippen molar-refractivity contribution in [3.63, 3.8) is 0 Å². The molecular weight excluding hydrogens is 450 g/mol. The molecule has 0 spiro atoms. The highest BCUT2D eigenvalue weighted by molar-refractivity contribution is 7.90. The quantitative estimate of drug-likeness (QED) is 0.503. The molecule has 0 atom stereocenters. The summed E-state index contributed by atoms with van der Waals surface area (Å²) in [5.74, 6) is 0.808. The Bertz CT molecular complexity index is 1290. The van der Waals surface area contributed by atoms with Crippen molar-refractivity contribution in [1.82, 2.24) is 14.6 Å². The maximum atomic E-state index is 12.6. The summed E-state index contributed by atoms with van der Waals surface area (Å²) in [6, 6.07) is 16.9. The number of nitrogens with one attached hydrogen (secondary N) is 3. The third-order valence-electron chi connectivity index (χ3n) is 6.50. The van der Waals surface area contributed by atoms with E-state index in [9.17, 15) is 13.2 Å². The number of likely N-dealkylation sites (tertiary alicyclic amines) is 1. The minimum atomic E-state index is -3.72. The fraction of sp³-hybridized carbons (Fsp3) is 0.360. The second-order valence-electron chi connectivity index (χ2n) is 8.98. The molecule has 2 aromatic carbocycles. The van der Waals surface area contributed by atoms with Crippen LogP contribution in [0.4, 0.5) is 5.69 Å². The van der Waals surface area contributed by atoms with Crippen LogP contribution < -0.4 is 10.0 Å². The van der Waals surface area contributed by atoms with Crippen LogP contribution in [0.1, 0.15) is 37.3 Å². The standard InChI is InChI=1S/C25H29N5O3S/c31-25(27-20-6-3-7-21(16-20)34(32,33)29-24-9-4-12-26-24)17-30-13-10-18(11-14-30)23-15-19-5-1-2-8-22(19)28-23/h1-3,5-8,15-16,18,28H,4,9-14,17H2,(H,26,29)(H,27,31). The second kappa shape index (κ2) is 9.60. The number of carbonyl (C=O) groups excluding carboxylic acids is 1. The van der Waals surface area contributed by atoms with Crippen molar-refractivity contribution >= 4 is 38.4 Å². The van der Waals surface area contributed by atoms with Crippen LogP contribution in [0.5, 0.6) is 0 Å². The van der Waals surface area contributed by atoms with Crippen molar-refractivity contribution in [2.24, 2.45) is 4.99 Å². The number of para-hydroxylation sites is 1. The molecule has 34 heavy (non-hydrogen) atoms. The van der Waals surface area contributed by atoms with Crippen molar-refractivity contribution < 1.29 is 13.2 Å². The molecule has 1 saturated heterocycles. The summed E-state index contributed by atoms with van der Waals surface area (Å²) in [4.78, 5) is 22.6. The zero-order chi connectivity index (χ0) is 23.5. The molecule has 3 heterocycles. The number of hydrogen-bond acceptors (Lipinski definition) is 5. The lowest BCUT2D eigenvalue weighted by Crippen LogP contribution is -2.38. The third kappa shape index (κ3) is 5.15. The summed E-state index contributed by atoms with van der Waals surface area (Å²) < 4.78 is 27.8. The Kier molecular flexibility index (Phi) is 6.38. The van der Waals surface area contributed by atoms with E-state index in [1.807, 2.05) is 12.1 Å². The third-order valence-corrected chi connectivity index (χ3v) is 7.88. The normalized spacial score (nSPS) is 17.6. The molecule has 0 unspecified atom stereocenters. The van der Waals surface area contributed by atoms with E-state index in [1.165, 1.54) is 23.2 Å². The first-order valence-corrected chi connectivity index (χ1v) is 13.2. The molecule has 2 aliphatic heterocycles. The zero-order valence-electron chi connectivity index (χ0n) is 19.0. The van der Waals surface area contributed by atoms with Gasteiger partial charge in [0.2, 0.25) is 5.91 Å². The highest BCUT2D eigenvalue weighted by atomic mass is 32.2. The van der Waals surface area contributed by atoms with Crippen LogP contribution >= 0.6 is 0 Å². The first-order chi connectivity index (χ1) is 16.5. The average molecular weight is 480 g/mol. The minimum absolute atomic E-state index is 0.110. The molecule has 0 bridgehead atoms. The number of anilines is 1. The maximum absolute atomic E-state index is 12.6. The van der Waals surface area contributed by atoms with Crippen molar-refractivity contribution in [2.45, 2.75) is 36.5 Å². The molecule has 3 aromatic rings. The molecule has 8 nitrogen and oxygen atoms in total. The lowest BCUT2D eigenvalue weighted by molar-refractivity contribution is -0.117. The van der Waals surface area contributed by atoms with Crippen molar-refractivity contribution in [2.75, 3.05) is 31.5 Å². The number of fused-ring (bicyclic) bond motifs is 1. The summed E-state index contributed by atoms with van der Waals surface area (Å²) >= 11 is 0. The first-order valence-electron chi connectivity index (χ1n) is 11.7. The first kappa shape index (κ1) is 22.6. The fourth-order valence-corrected chi connectivity index (χ4v) is 5.83. The number of piperidine rings is 1. The van der Waals surface area contributed by atoms with Crippen LogP contribution in [-0.2, 0) is 14.8 Å². The van der Waals surface area contributed by atoms with E-state index in [4.69, 9.17) is 0 Å². The number of nitrogens with zero attached hydrogens (tertiary/aromatic N) is 2. The van der Waals surface area contributed by atoms with Crippen LogP contribution in [0.15, 0.2) is 64.5 Å². The van der Waals surface area contributed by atoms with E-state index in [1.54, 1.807) is 12.1 Å². The molecule has 1 amide bonds. The zero-order valence-corrected chi connectivity index (χ0v) is 19.8. The van der Waals surface area contributed by atoms with E-state index in [0.717, 1.165) is 37.9 Å². The van der Waals surface area contributed by atoms with E-state index < -0.39 is 10.0 Å². The number of hydrogen-bond donors (Lipinski definition) is 3. The van der Waals surface area contributed by atoms with Crippen molar-refractivity contribution in [3.8, 4) is 0 Å². The van der Waals surface area contributed by atoms with Crippen LogP contribution in [0.3, 0.4) is 0 Å². The van der Waals surface area contributed by atoms with Crippen molar-refractivity contribution in [1.29, 1.82) is 0 Å². The van der Waals surface area contributed by atoms with Gasteiger partial charge in [-0.15, -0.1) is 0 Å². The maximum Gasteiger partial charge on any atom is 0.262 e. The van der Waals surface area contributed by atoms with Gasteiger partial charge in [0.1, 0.15) is 5.84 Å². The summed E-state index contributed by atoms with van der Waals surface area (Å²) in [6.07, 6.45) is 3.46. The van der Waals surface area contributed by atoms with E-state index in [-0.39, 0.29) is 17.3 Å².